The lowest BCUT2D eigenvalue weighted by atomic mass is 10.0. The second-order valence-corrected chi connectivity index (χ2v) is 3.97. The van der Waals surface area contributed by atoms with Crippen molar-refractivity contribution in [2.45, 2.75) is 31.7 Å². The molecule has 1 atom stereocenters. The van der Waals surface area contributed by atoms with Crippen molar-refractivity contribution < 1.29 is 24.6 Å². The molecule has 0 saturated carbocycles. The van der Waals surface area contributed by atoms with Gasteiger partial charge in [-0.2, -0.15) is 0 Å². The van der Waals surface area contributed by atoms with Crippen molar-refractivity contribution in [1.82, 2.24) is 5.32 Å². The summed E-state index contributed by atoms with van der Waals surface area (Å²) in [4.78, 5) is 32.8. The van der Waals surface area contributed by atoms with Crippen LogP contribution in [0.3, 0.4) is 0 Å². The van der Waals surface area contributed by atoms with Gasteiger partial charge in [-0.05, 0) is 19.3 Å². The molecule has 0 aromatic heterocycles. The van der Waals surface area contributed by atoms with Crippen molar-refractivity contribution in [2.75, 3.05) is 0 Å². The highest BCUT2D eigenvalue weighted by Gasteiger charge is 2.25. The first-order chi connectivity index (χ1) is 8.00. The number of carboxylic acids is 2. The Balaban J connectivity index is 2.45. The lowest BCUT2D eigenvalue weighted by Crippen LogP contribution is -2.43. The van der Waals surface area contributed by atoms with Gasteiger partial charge in [0.15, 0.2) is 0 Å². The Bertz CT molecular complexity index is 342. The molecule has 0 aromatic carbocycles. The standard InChI is InChI=1S/C11H15NO5/c13-9(14)6-5-8(11(16)17)12-10(15)7-3-1-2-4-7/h1-2,7-8H,3-6H2,(H,12,15)(H,13,14)(H,16,17). The van der Waals surface area contributed by atoms with Crippen LogP contribution in [0.25, 0.3) is 0 Å². The molecule has 1 aliphatic carbocycles. The zero-order valence-electron chi connectivity index (χ0n) is 9.26. The molecule has 3 N–H and O–H groups in total. The zero-order chi connectivity index (χ0) is 12.8. The molecule has 0 aliphatic heterocycles. The van der Waals surface area contributed by atoms with Crippen LogP contribution in [0.1, 0.15) is 25.7 Å². The van der Waals surface area contributed by atoms with Gasteiger partial charge in [-0.15, -0.1) is 0 Å². The molecule has 1 aliphatic rings. The molecule has 1 amide bonds. The minimum absolute atomic E-state index is 0.101. The Morgan fingerprint density at radius 3 is 2.29 bits per heavy atom. The van der Waals surface area contributed by atoms with Crippen LogP contribution in [0.5, 0.6) is 0 Å². The minimum Gasteiger partial charge on any atom is -0.481 e. The maximum absolute atomic E-state index is 11.6. The molecule has 94 valence electrons. The highest BCUT2D eigenvalue weighted by Crippen LogP contribution is 2.18. The third kappa shape index (κ3) is 4.26. The van der Waals surface area contributed by atoms with Gasteiger partial charge in [0.25, 0.3) is 0 Å². The zero-order valence-corrected chi connectivity index (χ0v) is 9.26. The van der Waals surface area contributed by atoms with E-state index in [0.29, 0.717) is 12.8 Å². The summed E-state index contributed by atoms with van der Waals surface area (Å²) >= 11 is 0. The van der Waals surface area contributed by atoms with Crippen molar-refractivity contribution in [3.05, 3.63) is 12.2 Å². The van der Waals surface area contributed by atoms with Crippen LogP contribution in [0.15, 0.2) is 12.2 Å². The molecule has 1 rings (SSSR count). The van der Waals surface area contributed by atoms with E-state index in [1.165, 1.54) is 0 Å². The molecule has 0 saturated heterocycles. The van der Waals surface area contributed by atoms with Gasteiger partial charge >= 0.3 is 11.9 Å². The topological polar surface area (TPSA) is 104 Å². The summed E-state index contributed by atoms with van der Waals surface area (Å²) in [7, 11) is 0. The molecule has 6 nitrogen and oxygen atoms in total. The molecule has 0 fully saturated rings. The quantitative estimate of drug-likeness (QED) is 0.583. The van der Waals surface area contributed by atoms with Gasteiger partial charge in [0, 0.05) is 12.3 Å². The normalized spacial score (nSPS) is 16.7. The highest BCUT2D eigenvalue weighted by molar-refractivity contribution is 5.85. The Morgan fingerprint density at radius 2 is 1.82 bits per heavy atom. The molecular formula is C11H15NO5. The molecule has 0 heterocycles. The predicted octanol–water partition coefficient (Wildman–Crippen LogP) is 0.387. The number of allylic oxidation sites excluding steroid dienone is 2. The third-order valence-corrected chi connectivity index (χ3v) is 2.64. The highest BCUT2D eigenvalue weighted by atomic mass is 16.4. The van der Waals surface area contributed by atoms with Gasteiger partial charge in [0.1, 0.15) is 6.04 Å². The Morgan fingerprint density at radius 1 is 1.24 bits per heavy atom. The first-order valence-electron chi connectivity index (χ1n) is 5.40. The maximum atomic E-state index is 11.6. The van der Waals surface area contributed by atoms with Crippen LogP contribution in [0.2, 0.25) is 0 Å². The maximum Gasteiger partial charge on any atom is 0.326 e. The number of carbonyl (C=O) groups is 3. The van der Waals surface area contributed by atoms with Crippen molar-refractivity contribution in [3.8, 4) is 0 Å². The van der Waals surface area contributed by atoms with Gasteiger partial charge in [0.2, 0.25) is 5.91 Å². The summed E-state index contributed by atoms with van der Waals surface area (Å²) in [6.07, 6.45) is 4.58. The number of carboxylic acid groups (broad SMARTS) is 2. The summed E-state index contributed by atoms with van der Waals surface area (Å²) in [5.41, 5.74) is 0. The van der Waals surface area contributed by atoms with Crippen LogP contribution in [-0.2, 0) is 14.4 Å². The number of hydrogen-bond donors (Lipinski definition) is 3. The molecule has 0 radical (unpaired) electrons. The molecular weight excluding hydrogens is 226 g/mol. The second-order valence-electron chi connectivity index (χ2n) is 3.97. The van der Waals surface area contributed by atoms with Crippen LogP contribution in [0.4, 0.5) is 0 Å². The molecule has 6 heteroatoms. The van der Waals surface area contributed by atoms with Gasteiger partial charge in [0.05, 0.1) is 0 Å². The van der Waals surface area contributed by atoms with E-state index in [4.69, 9.17) is 10.2 Å². The van der Waals surface area contributed by atoms with E-state index in [0.717, 1.165) is 0 Å². The number of rotatable bonds is 6. The number of nitrogens with one attached hydrogen (secondary N) is 1. The fourth-order valence-corrected chi connectivity index (χ4v) is 1.65. The van der Waals surface area contributed by atoms with E-state index in [9.17, 15) is 14.4 Å². The van der Waals surface area contributed by atoms with Gasteiger partial charge in [-0.25, -0.2) is 4.79 Å². The lowest BCUT2D eigenvalue weighted by Gasteiger charge is -2.16. The van der Waals surface area contributed by atoms with Crippen molar-refractivity contribution in [1.29, 1.82) is 0 Å². The lowest BCUT2D eigenvalue weighted by molar-refractivity contribution is -0.143. The monoisotopic (exact) mass is 241 g/mol. The molecule has 17 heavy (non-hydrogen) atoms. The SMILES string of the molecule is O=C(O)CCC(NC(=O)C1CC=CC1)C(=O)O. The van der Waals surface area contributed by atoms with E-state index >= 15 is 0 Å². The van der Waals surface area contributed by atoms with Crippen LogP contribution < -0.4 is 5.32 Å². The van der Waals surface area contributed by atoms with E-state index in [-0.39, 0.29) is 24.7 Å². The fraction of sp³-hybridized carbons (Fsp3) is 0.545. The van der Waals surface area contributed by atoms with E-state index in [1.54, 1.807) is 0 Å². The number of amides is 1. The van der Waals surface area contributed by atoms with Crippen molar-refractivity contribution >= 4 is 17.8 Å². The fourth-order valence-electron chi connectivity index (χ4n) is 1.65. The summed E-state index contributed by atoms with van der Waals surface area (Å²) in [5.74, 6) is -2.83. The Labute approximate surface area is 98.3 Å². The van der Waals surface area contributed by atoms with Gasteiger partial charge in [-0.3, -0.25) is 9.59 Å². The molecule has 0 spiro atoms. The number of carbonyl (C=O) groups excluding carboxylic acids is 1. The largest absolute Gasteiger partial charge is 0.481 e. The summed E-state index contributed by atoms with van der Waals surface area (Å²) in [6, 6.07) is -1.13. The summed E-state index contributed by atoms with van der Waals surface area (Å²) < 4.78 is 0. The summed E-state index contributed by atoms with van der Waals surface area (Å²) in [6.45, 7) is 0. The number of aliphatic carboxylic acids is 2. The average molecular weight is 241 g/mol. The Kier molecular flexibility index (Phi) is 4.68. The van der Waals surface area contributed by atoms with Crippen molar-refractivity contribution in [3.63, 3.8) is 0 Å². The van der Waals surface area contributed by atoms with Crippen LogP contribution in [0, 0.1) is 5.92 Å². The van der Waals surface area contributed by atoms with E-state index in [1.807, 2.05) is 12.2 Å². The van der Waals surface area contributed by atoms with Gasteiger partial charge in [-0.1, -0.05) is 12.2 Å². The number of hydrogen-bond acceptors (Lipinski definition) is 3. The van der Waals surface area contributed by atoms with Crippen LogP contribution in [-0.4, -0.2) is 34.1 Å². The van der Waals surface area contributed by atoms with E-state index < -0.39 is 18.0 Å². The molecule has 1 unspecified atom stereocenters. The summed E-state index contributed by atoms with van der Waals surface area (Å²) in [5, 5.41) is 19.7. The van der Waals surface area contributed by atoms with E-state index in [2.05, 4.69) is 5.32 Å². The van der Waals surface area contributed by atoms with Crippen LogP contribution >= 0.6 is 0 Å². The average Bonchev–Trinajstić information content (AvgIpc) is 2.76. The van der Waals surface area contributed by atoms with Crippen molar-refractivity contribution in [2.24, 2.45) is 5.92 Å². The Hall–Kier alpha value is -1.85. The smallest absolute Gasteiger partial charge is 0.326 e. The predicted molar refractivity (Wildman–Crippen MR) is 58.3 cm³/mol. The molecule has 0 aromatic rings. The first kappa shape index (κ1) is 13.2. The van der Waals surface area contributed by atoms with Gasteiger partial charge < -0.3 is 15.5 Å². The third-order valence-electron chi connectivity index (χ3n) is 2.64. The first-order valence-corrected chi connectivity index (χ1v) is 5.40. The molecule has 0 bridgehead atoms. The second kappa shape index (κ2) is 6.03. The minimum atomic E-state index is -1.20.